The number of benzene rings is 2. The topological polar surface area (TPSA) is 103 Å². The highest BCUT2D eigenvalue weighted by atomic mass is 32.2. The second-order valence-electron chi connectivity index (χ2n) is 8.35. The van der Waals surface area contributed by atoms with Gasteiger partial charge in [0.05, 0.1) is 44.5 Å². The number of ether oxygens (including phenoxy) is 4. The molecule has 1 heterocycles. The highest BCUT2D eigenvalue weighted by Gasteiger charge is 2.27. The lowest BCUT2D eigenvalue weighted by Crippen LogP contribution is -2.40. The number of carbonyl (C=O) groups excluding carboxylic acids is 1. The van der Waals surface area contributed by atoms with Crippen molar-refractivity contribution in [2.75, 3.05) is 46.6 Å². The number of sulfonamides is 1. The van der Waals surface area contributed by atoms with E-state index in [1.54, 1.807) is 12.1 Å². The van der Waals surface area contributed by atoms with Gasteiger partial charge in [-0.2, -0.15) is 4.31 Å². The summed E-state index contributed by atoms with van der Waals surface area (Å²) in [6, 6.07) is 10.2. The first-order chi connectivity index (χ1) is 17.3. The Kier molecular flexibility index (Phi) is 9.98. The molecule has 0 radical (unpaired) electrons. The van der Waals surface area contributed by atoms with Crippen molar-refractivity contribution in [1.29, 1.82) is 0 Å². The van der Waals surface area contributed by atoms with Crippen molar-refractivity contribution in [3.05, 3.63) is 47.5 Å². The third-order valence-corrected chi connectivity index (χ3v) is 7.82. The lowest BCUT2D eigenvalue weighted by molar-refractivity contribution is -0.121. The van der Waals surface area contributed by atoms with Gasteiger partial charge in [-0.25, -0.2) is 8.42 Å². The molecule has 1 atom stereocenters. The molecule has 0 saturated carbocycles. The van der Waals surface area contributed by atoms with E-state index in [1.165, 1.54) is 17.5 Å². The van der Waals surface area contributed by atoms with Crippen molar-refractivity contribution in [2.45, 2.75) is 44.6 Å². The number of nitrogens with zero attached hydrogens (tertiary/aromatic N) is 1. The van der Waals surface area contributed by atoms with E-state index in [4.69, 9.17) is 18.9 Å². The van der Waals surface area contributed by atoms with Crippen LogP contribution in [0.4, 0.5) is 0 Å². The molecule has 3 rings (SSSR count). The minimum Gasteiger partial charge on any atom is -0.496 e. The summed E-state index contributed by atoms with van der Waals surface area (Å²) in [5.74, 6) is 1.70. The average molecular weight is 521 g/mol. The van der Waals surface area contributed by atoms with Crippen molar-refractivity contribution in [1.82, 2.24) is 9.62 Å². The Balaban J connectivity index is 1.67. The van der Waals surface area contributed by atoms with E-state index in [2.05, 4.69) is 5.32 Å². The van der Waals surface area contributed by atoms with E-state index in [9.17, 15) is 13.2 Å². The van der Waals surface area contributed by atoms with Gasteiger partial charge in [0.25, 0.3) is 0 Å². The fourth-order valence-electron chi connectivity index (χ4n) is 4.03. The Morgan fingerprint density at radius 2 is 1.69 bits per heavy atom. The molecule has 0 aromatic heterocycles. The standard InChI is InChI=1S/C26H36N2O7S/c1-5-34-24-10-7-20(18-25(24)35-6-2)19(3)27-26(29)12-8-21-17-22(9-11-23(21)32-4)36(30,31)28-13-15-33-16-14-28/h7,9-11,17-19H,5-6,8,12-16H2,1-4H3,(H,27,29). The highest BCUT2D eigenvalue weighted by molar-refractivity contribution is 7.89. The molecule has 1 unspecified atom stereocenters. The minimum absolute atomic E-state index is 0.155. The monoisotopic (exact) mass is 520 g/mol. The SMILES string of the molecule is CCOc1ccc(C(C)NC(=O)CCc2cc(S(=O)(=O)N3CCOCC3)ccc2OC)cc1OCC. The molecule has 1 N–H and O–H groups in total. The number of amides is 1. The van der Waals surface area contributed by atoms with Gasteiger partial charge in [-0.1, -0.05) is 6.07 Å². The third kappa shape index (κ3) is 6.89. The first kappa shape index (κ1) is 27.8. The predicted octanol–water partition coefficient (Wildman–Crippen LogP) is 3.32. The van der Waals surface area contributed by atoms with Crippen LogP contribution in [-0.2, 0) is 26.0 Å². The summed E-state index contributed by atoms with van der Waals surface area (Å²) in [4.78, 5) is 12.9. The molecule has 1 amide bonds. The Labute approximate surface area is 213 Å². The van der Waals surface area contributed by atoms with Crippen molar-refractivity contribution >= 4 is 15.9 Å². The van der Waals surface area contributed by atoms with Crippen LogP contribution in [-0.4, -0.2) is 65.3 Å². The van der Waals surface area contributed by atoms with Crippen LogP contribution in [0.2, 0.25) is 0 Å². The second-order valence-corrected chi connectivity index (χ2v) is 10.3. The maximum Gasteiger partial charge on any atom is 0.243 e. The van der Waals surface area contributed by atoms with Gasteiger partial charge in [-0.3, -0.25) is 4.79 Å². The van der Waals surface area contributed by atoms with Crippen LogP contribution in [0.3, 0.4) is 0 Å². The van der Waals surface area contributed by atoms with Crippen LogP contribution in [0, 0.1) is 0 Å². The molecule has 2 aromatic rings. The summed E-state index contributed by atoms with van der Waals surface area (Å²) >= 11 is 0. The summed E-state index contributed by atoms with van der Waals surface area (Å²) in [7, 11) is -2.12. The number of nitrogens with one attached hydrogen (secondary N) is 1. The number of morpholine rings is 1. The average Bonchev–Trinajstić information content (AvgIpc) is 2.89. The van der Waals surface area contributed by atoms with Gasteiger partial charge < -0.3 is 24.3 Å². The summed E-state index contributed by atoms with van der Waals surface area (Å²) in [6.45, 7) is 8.15. The molecule has 2 aromatic carbocycles. The smallest absolute Gasteiger partial charge is 0.243 e. The number of hydrogen-bond donors (Lipinski definition) is 1. The van der Waals surface area contributed by atoms with E-state index >= 15 is 0 Å². The normalized spacial score (nSPS) is 15.2. The van der Waals surface area contributed by atoms with Crippen LogP contribution in [0.25, 0.3) is 0 Å². The van der Waals surface area contributed by atoms with Gasteiger partial charge >= 0.3 is 0 Å². The zero-order chi connectivity index (χ0) is 26.1. The number of methoxy groups -OCH3 is 1. The Hall–Kier alpha value is -2.82. The molecule has 0 spiro atoms. The fourth-order valence-corrected chi connectivity index (χ4v) is 5.49. The molecule has 1 fully saturated rings. The van der Waals surface area contributed by atoms with E-state index in [-0.39, 0.29) is 23.3 Å². The van der Waals surface area contributed by atoms with Crippen molar-refractivity contribution in [3.8, 4) is 17.2 Å². The van der Waals surface area contributed by atoms with Crippen LogP contribution >= 0.6 is 0 Å². The van der Waals surface area contributed by atoms with Crippen LogP contribution in [0.5, 0.6) is 17.2 Å². The Bertz CT molecular complexity index is 1130. The molecule has 0 aliphatic carbocycles. The fraction of sp³-hybridized carbons (Fsp3) is 0.500. The largest absolute Gasteiger partial charge is 0.496 e. The highest BCUT2D eigenvalue weighted by Crippen LogP contribution is 2.31. The summed E-state index contributed by atoms with van der Waals surface area (Å²) < 4.78 is 49.5. The van der Waals surface area contributed by atoms with E-state index in [0.29, 0.717) is 68.7 Å². The first-order valence-electron chi connectivity index (χ1n) is 12.2. The van der Waals surface area contributed by atoms with Crippen molar-refractivity contribution in [3.63, 3.8) is 0 Å². The lowest BCUT2D eigenvalue weighted by atomic mass is 10.1. The quantitative estimate of drug-likeness (QED) is 0.458. The van der Waals surface area contributed by atoms with E-state index in [0.717, 1.165) is 5.56 Å². The molecule has 198 valence electrons. The van der Waals surface area contributed by atoms with E-state index < -0.39 is 10.0 Å². The minimum atomic E-state index is -3.64. The number of carbonyl (C=O) groups is 1. The van der Waals surface area contributed by atoms with Gasteiger partial charge in [0.15, 0.2) is 11.5 Å². The number of aryl methyl sites for hydroxylation is 1. The summed E-state index contributed by atoms with van der Waals surface area (Å²) in [5, 5.41) is 3.00. The van der Waals surface area contributed by atoms with Gasteiger partial charge in [0.1, 0.15) is 5.75 Å². The van der Waals surface area contributed by atoms with Gasteiger partial charge in [0.2, 0.25) is 15.9 Å². The van der Waals surface area contributed by atoms with Gasteiger partial charge in [-0.15, -0.1) is 0 Å². The third-order valence-electron chi connectivity index (χ3n) is 5.93. The molecule has 36 heavy (non-hydrogen) atoms. The second kappa shape index (κ2) is 12.9. The molecule has 1 aliphatic heterocycles. The molecule has 9 nitrogen and oxygen atoms in total. The van der Waals surface area contributed by atoms with Crippen molar-refractivity contribution < 1.29 is 32.2 Å². The summed E-state index contributed by atoms with van der Waals surface area (Å²) in [6.07, 6.45) is 0.513. The number of hydrogen-bond acceptors (Lipinski definition) is 7. The van der Waals surface area contributed by atoms with Crippen LogP contribution < -0.4 is 19.5 Å². The van der Waals surface area contributed by atoms with E-state index in [1.807, 2.05) is 39.0 Å². The maximum absolute atomic E-state index is 13.0. The Morgan fingerprint density at radius 3 is 2.36 bits per heavy atom. The first-order valence-corrected chi connectivity index (χ1v) is 13.7. The van der Waals surface area contributed by atoms with Gasteiger partial charge in [-0.05, 0) is 68.7 Å². The van der Waals surface area contributed by atoms with Crippen molar-refractivity contribution in [2.24, 2.45) is 0 Å². The molecule has 1 saturated heterocycles. The zero-order valence-electron chi connectivity index (χ0n) is 21.4. The van der Waals surface area contributed by atoms with Crippen LogP contribution in [0.15, 0.2) is 41.3 Å². The maximum atomic E-state index is 13.0. The molecular formula is C26H36N2O7S. The molecule has 1 aliphatic rings. The summed E-state index contributed by atoms with van der Waals surface area (Å²) in [5.41, 5.74) is 1.56. The van der Waals surface area contributed by atoms with Crippen LogP contribution in [0.1, 0.15) is 44.4 Å². The Morgan fingerprint density at radius 1 is 1.03 bits per heavy atom. The molecule has 0 bridgehead atoms. The lowest BCUT2D eigenvalue weighted by Gasteiger charge is -2.26. The molecule has 10 heteroatoms. The predicted molar refractivity (Wildman–Crippen MR) is 136 cm³/mol. The number of rotatable bonds is 12. The van der Waals surface area contributed by atoms with Gasteiger partial charge in [0, 0.05) is 19.5 Å². The molecular weight excluding hydrogens is 484 g/mol. The zero-order valence-corrected chi connectivity index (χ0v) is 22.2.